The third-order valence-corrected chi connectivity index (χ3v) is 5.61. The molecule has 1 N–H and O–H groups in total. The van der Waals surface area contributed by atoms with Crippen molar-refractivity contribution in [3.63, 3.8) is 0 Å². The van der Waals surface area contributed by atoms with Crippen LogP contribution in [0.2, 0.25) is 0 Å². The molecule has 1 aliphatic heterocycles. The third-order valence-electron chi connectivity index (χ3n) is 4.08. The minimum Gasteiger partial charge on any atom is -0.355 e. The topological polar surface area (TPSA) is 27.6 Å². The average molecular weight is 407 g/mol. The van der Waals surface area contributed by atoms with E-state index in [4.69, 9.17) is 6.42 Å². The van der Waals surface area contributed by atoms with Gasteiger partial charge >= 0.3 is 0 Å². The number of hydrogen-bond acceptors (Lipinski definition) is 2. The predicted molar refractivity (Wildman–Crippen MR) is 100 cm³/mol. The van der Waals surface area contributed by atoms with Gasteiger partial charge in [-0.15, -0.1) is 36.3 Å². The van der Waals surface area contributed by atoms with Crippen LogP contribution in [0.3, 0.4) is 0 Å². The Morgan fingerprint density at radius 2 is 2.15 bits per heavy atom. The van der Waals surface area contributed by atoms with Gasteiger partial charge in [-0.3, -0.25) is 4.99 Å². The van der Waals surface area contributed by atoms with Crippen LogP contribution in [-0.4, -0.2) is 48.0 Å². The molecule has 3 nitrogen and oxygen atoms in total. The van der Waals surface area contributed by atoms with E-state index >= 15 is 0 Å². The molecule has 5 heteroatoms. The van der Waals surface area contributed by atoms with Crippen LogP contribution >= 0.6 is 35.7 Å². The van der Waals surface area contributed by atoms with Crippen molar-refractivity contribution in [1.82, 2.24) is 10.2 Å². The molecule has 2 aliphatic rings. The van der Waals surface area contributed by atoms with Crippen molar-refractivity contribution < 1.29 is 0 Å². The van der Waals surface area contributed by atoms with Gasteiger partial charge in [0.15, 0.2) is 5.96 Å². The Kier molecular flexibility index (Phi) is 8.11. The van der Waals surface area contributed by atoms with Gasteiger partial charge in [-0.25, -0.2) is 0 Å². The molecule has 0 unspecified atom stereocenters. The number of guanidine groups is 1. The molecule has 2 rings (SSSR count). The fraction of sp³-hybridized carbons (Fsp3) is 0.800. The lowest BCUT2D eigenvalue weighted by Gasteiger charge is -2.45. The van der Waals surface area contributed by atoms with Crippen LogP contribution in [0, 0.1) is 12.3 Å². The zero-order valence-corrected chi connectivity index (χ0v) is 15.5. The standard InChI is InChI=1S/C15H25N3S.HI/c1-3-4-10-17-14(16-2)18-11-12-19-15(13-18)8-6-5-7-9-15;/h1H,4-13H2,2H3,(H,16,17);1H. The van der Waals surface area contributed by atoms with E-state index in [9.17, 15) is 0 Å². The van der Waals surface area contributed by atoms with Gasteiger partial charge in [-0.05, 0) is 12.8 Å². The fourth-order valence-electron chi connectivity index (χ4n) is 3.10. The first-order chi connectivity index (χ1) is 9.29. The van der Waals surface area contributed by atoms with Gasteiger partial charge in [0.05, 0.1) is 0 Å². The lowest BCUT2D eigenvalue weighted by molar-refractivity contribution is 0.293. The van der Waals surface area contributed by atoms with Crippen LogP contribution in [0.25, 0.3) is 0 Å². The van der Waals surface area contributed by atoms with E-state index in [0.29, 0.717) is 4.75 Å². The van der Waals surface area contributed by atoms with Crippen LogP contribution in [0.4, 0.5) is 0 Å². The van der Waals surface area contributed by atoms with E-state index in [1.165, 1.54) is 37.9 Å². The van der Waals surface area contributed by atoms with Crippen molar-refractivity contribution in [3.05, 3.63) is 0 Å². The molecule has 1 spiro atoms. The fourth-order valence-corrected chi connectivity index (χ4v) is 4.67. The maximum absolute atomic E-state index is 5.30. The summed E-state index contributed by atoms with van der Waals surface area (Å²) in [5.41, 5.74) is 0. The predicted octanol–water partition coefficient (Wildman–Crippen LogP) is 2.95. The number of terminal acetylenes is 1. The Morgan fingerprint density at radius 1 is 1.40 bits per heavy atom. The van der Waals surface area contributed by atoms with Gasteiger partial charge in [-0.1, -0.05) is 19.3 Å². The van der Waals surface area contributed by atoms with E-state index in [1.807, 2.05) is 7.05 Å². The molecule has 1 saturated carbocycles. The van der Waals surface area contributed by atoms with E-state index in [1.54, 1.807) is 0 Å². The molecule has 0 aromatic heterocycles. The second-order valence-corrected chi connectivity index (χ2v) is 7.00. The van der Waals surface area contributed by atoms with Crippen molar-refractivity contribution in [3.8, 4) is 12.3 Å². The summed E-state index contributed by atoms with van der Waals surface area (Å²) < 4.78 is 0.486. The first-order valence-electron chi connectivity index (χ1n) is 7.33. The summed E-state index contributed by atoms with van der Waals surface area (Å²) in [6, 6.07) is 0. The van der Waals surface area contributed by atoms with Gasteiger partial charge in [0.2, 0.25) is 0 Å². The molecule has 0 aromatic rings. The summed E-state index contributed by atoms with van der Waals surface area (Å²) in [7, 11) is 1.87. The summed E-state index contributed by atoms with van der Waals surface area (Å²) in [4.78, 5) is 6.84. The Balaban J connectivity index is 0.00000200. The third kappa shape index (κ3) is 4.73. The number of halogens is 1. The highest BCUT2D eigenvalue weighted by Crippen LogP contribution is 2.42. The zero-order valence-electron chi connectivity index (χ0n) is 12.4. The maximum Gasteiger partial charge on any atom is 0.193 e. The van der Waals surface area contributed by atoms with Crippen LogP contribution < -0.4 is 5.32 Å². The Bertz CT molecular complexity index is 353. The van der Waals surface area contributed by atoms with Crippen molar-refractivity contribution in [1.29, 1.82) is 0 Å². The molecular formula is C15H26IN3S. The zero-order chi connectivity index (χ0) is 13.6. The number of rotatable bonds is 2. The molecule has 114 valence electrons. The van der Waals surface area contributed by atoms with Crippen LogP contribution in [0.15, 0.2) is 4.99 Å². The molecule has 0 aromatic carbocycles. The summed E-state index contributed by atoms with van der Waals surface area (Å²) in [6.45, 7) is 3.06. The van der Waals surface area contributed by atoms with Gasteiger partial charge < -0.3 is 10.2 Å². The van der Waals surface area contributed by atoms with Gasteiger partial charge in [-0.2, -0.15) is 11.8 Å². The smallest absolute Gasteiger partial charge is 0.193 e. The summed E-state index contributed by atoms with van der Waals surface area (Å²) in [5.74, 6) is 4.91. The van der Waals surface area contributed by atoms with Crippen LogP contribution in [0.5, 0.6) is 0 Å². The Hall–Kier alpha value is -0.0900. The normalized spacial score (nSPS) is 22.0. The minimum atomic E-state index is 0. The highest BCUT2D eigenvalue weighted by Gasteiger charge is 2.38. The Labute approximate surface area is 144 Å². The molecule has 0 amide bonds. The van der Waals surface area contributed by atoms with Crippen molar-refractivity contribution in [2.75, 3.05) is 32.4 Å². The SMILES string of the molecule is C#CCCNC(=NC)N1CCSC2(CCCCC2)C1.I. The summed E-state index contributed by atoms with van der Waals surface area (Å²) in [6.07, 6.45) is 13.0. The van der Waals surface area contributed by atoms with Crippen molar-refractivity contribution in [2.45, 2.75) is 43.3 Å². The molecule has 0 atom stereocenters. The molecule has 1 heterocycles. The van der Waals surface area contributed by atoms with Crippen LogP contribution in [-0.2, 0) is 0 Å². The number of thioether (sulfide) groups is 1. The van der Waals surface area contributed by atoms with E-state index in [0.717, 1.165) is 32.0 Å². The minimum absolute atomic E-state index is 0. The lowest BCUT2D eigenvalue weighted by atomic mass is 9.87. The Morgan fingerprint density at radius 3 is 2.80 bits per heavy atom. The van der Waals surface area contributed by atoms with E-state index in [2.05, 4.69) is 32.9 Å². The highest BCUT2D eigenvalue weighted by atomic mass is 127. The first-order valence-corrected chi connectivity index (χ1v) is 8.31. The molecule has 1 saturated heterocycles. The molecular weight excluding hydrogens is 381 g/mol. The molecule has 0 radical (unpaired) electrons. The lowest BCUT2D eigenvalue weighted by Crippen LogP contribution is -2.53. The highest BCUT2D eigenvalue weighted by molar-refractivity contribution is 14.0. The average Bonchev–Trinajstić information content (AvgIpc) is 2.44. The largest absolute Gasteiger partial charge is 0.355 e. The maximum atomic E-state index is 5.30. The number of aliphatic imine (C=N–C) groups is 1. The second-order valence-electron chi connectivity index (χ2n) is 5.44. The molecule has 20 heavy (non-hydrogen) atoms. The number of nitrogens with one attached hydrogen (secondary N) is 1. The monoisotopic (exact) mass is 407 g/mol. The van der Waals surface area contributed by atoms with E-state index in [-0.39, 0.29) is 24.0 Å². The molecule has 1 aliphatic carbocycles. The molecule has 2 fully saturated rings. The summed E-state index contributed by atoms with van der Waals surface area (Å²) in [5, 5.41) is 3.39. The van der Waals surface area contributed by atoms with Gasteiger partial charge in [0, 0.05) is 43.6 Å². The quantitative estimate of drug-likeness (QED) is 0.251. The number of nitrogens with zero attached hydrogens (tertiary/aromatic N) is 2. The van der Waals surface area contributed by atoms with Crippen molar-refractivity contribution in [2.24, 2.45) is 4.99 Å². The van der Waals surface area contributed by atoms with Gasteiger partial charge in [0.25, 0.3) is 0 Å². The van der Waals surface area contributed by atoms with Crippen molar-refractivity contribution >= 4 is 41.7 Å². The number of hydrogen-bond donors (Lipinski definition) is 1. The second kappa shape index (κ2) is 9.04. The summed E-state index contributed by atoms with van der Waals surface area (Å²) >= 11 is 2.19. The van der Waals surface area contributed by atoms with Gasteiger partial charge in [0.1, 0.15) is 0 Å². The first kappa shape index (κ1) is 18.0. The van der Waals surface area contributed by atoms with Crippen LogP contribution in [0.1, 0.15) is 38.5 Å². The van der Waals surface area contributed by atoms with E-state index < -0.39 is 0 Å². The molecule has 0 bridgehead atoms.